The molecule has 24 heavy (non-hydrogen) atoms. The minimum atomic E-state index is -0.121. The topological polar surface area (TPSA) is 53.0 Å². The van der Waals surface area contributed by atoms with Crippen molar-refractivity contribution in [2.45, 2.75) is 32.2 Å². The van der Waals surface area contributed by atoms with Gasteiger partial charge < -0.3 is 4.90 Å². The van der Waals surface area contributed by atoms with Gasteiger partial charge in [-0.25, -0.2) is 0 Å². The van der Waals surface area contributed by atoms with Gasteiger partial charge in [0.05, 0.1) is 16.5 Å². The average molecular weight is 366 g/mol. The van der Waals surface area contributed by atoms with Gasteiger partial charge >= 0.3 is 0 Å². The van der Waals surface area contributed by atoms with Gasteiger partial charge in [0.1, 0.15) is 6.54 Å². The van der Waals surface area contributed by atoms with Gasteiger partial charge in [0.15, 0.2) is 5.17 Å². The van der Waals surface area contributed by atoms with Gasteiger partial charge in [-0.05, 0) is 38.3 Å². The molecule has 0 N–H and O–H groups in total. The minimum absolute atomic E-state index is 0.0991. The molecule has 0 saturated carbocycles. The van der Waals surface area contributed by atoms with Crippen LogP contribution in [0.4, 0.5) is 5.69 Å². The zero-order chi connectivity index (χ0) is 17.1. The summed E-state index contributed by atoms with van der Waals surface area (Å²) in [6.07, 6.45) is 3.30. The van der Waals surface area contributed by atoms with Gasteiger partial charge in [0.25, 0.3) is 5.91 Å². The van der Waals surface area contributed by atoms with E-state index in [1.807, 2.05) is 17.0 Å². The van der Waals surface area contributed by atoms with E-state index in [1.54, 1.807) is 12.1 Å². The van der Waals surface area contributed by atoms with Gasteiger partial charge in [-0.3, -0.25) is 19.5 Å². The highest BCUT2D eigenvalue weighted by atomic mass is 35.5. The molecule has 2 aliphatic rings. The lowest BCUT2D eigenvalue weighted by Gasteiger charge is -2.33. The van der Waals surface area contributed by atoms with Crippen molar-refractivity contribution in [2.75, 3.05) is 23.7 Å². The van der Waals surface area contributed by atoms with Gasteiger partial charge in [-0.15, -0.1) is 0 Å². The number of hydrogen-bond acceptors (Lipinski definition) is 4. The predicted octanol–water partition coefficient (Wildman–Crippen LogP) is 3.18. The molecular formula is C17H20ClN3O2S. The number of anilines is 1. The number of rotatable bonds is 3. The first-order valence-corrected chi connectivity index (χ1v) is 9.48. The summed E-state index contributed by atoms with van der Waals surface area (Å²) in [5.74, 6) is 0.273. The van der Waals surface area contributed by atoms with Gasteiger partial charge in [0, 0.05) is 12.6 Å². The Hall–Kier alpha value is -1.53. The van der Waals surface area contributed by atoms with Crippen LogP contribution in [0.3, 0.4) is 0 Å². The van der Waals surface area contributed by atoms with Crippen LogP contribution < -0.4 is 4.90 Å². The first-order valence-electron chi connectivity index (χ1n) is 8.12. The number of carbonyl (C=O) groups excluding carboxylic acids is 2. The van der Waals surface area contributed by atoms with Crippen molar-refractivity contribution >= 4 is 46.0 Å². The predicted molar refractivity (Wildman–Crippen MR) is 98.7 cm³/mol. The Bertz CT molecular complexity index is 680. The third-order valence-corrected chi connectivity index (χ3v) is 5.61. The highest BCUT2D eigenvalue weighted by Crippen LogP contribution is 2.30. The quantitative estimate of drug-likeness (QED) is 0.826. The number of halogens is 1. The van der Waals surface area contributed by atoms with E-state index < -0.39 is 0 Å². The fourth-order valence-electron chi connectivity index (χ4n) is 3.04. The molecule has 0 bridgehead atoms. The molecule has 7 heteroatoms. The third-order valence-electron chi connectivity index (χ3n) is 4.33. The van der Waals surface area contributed by atoms with Crippen LogP contribution in [0.5, 0.6) is 0 Å². The molecule has 2 amide bonds. The van der Waals surface area contributed by atoms with Crippen molar-refractivity contribution < 1.29 is 9.59 Å². The Morgan fingerprint density at radius 2 is 2.17 bits per heavy atom. The third kappa shape index (κ3) is 3.59. The van der Waals surface area contributed by atoms with E-state index in [0.717, 1.165) is 19.4 Å². The number of carbonyl (C=O) groups is 2. The zero-order valence-electron chi connectivity index (χ0n) is 13.6. The number of nitrogens with zero attached hydrogens (tertiary/aromatic N) is 3. The summed E-state index contributed by atoms with van der Waals surface area (Å²) in [5.41, 5.74) is 0.617. The Labute approximate surface area is 151 Å². The second kappa shape index (κ2) is 7.57. The van der Waals surface area contributed by atoms with Crippen molar-refractivity contribution in [3.63, 3.8) is 0 Å². The first kappa shape index (κ1) is 17.3. The molecule has 0 aromatic heterocycles. The summed E-state index contributed by atoms with van der Waals surface area (Å²) in [7, 11) is 0. The molecule has 1 aromatic carbocycles. The zero-order valence-corrected chi connectivity index (χ0v) is 15.1. The lowest BCUT2D eigenvalue weighted by atomic mass is 10.0. The Morgan fingerprint density at radius 1 is 1.38 bits per heavy atom. The maximum Gasteiger partial charge on any atom is 0.254 e. The summed E-state index contributed by atoms with van der Waals surface area (Å²) >= 11 is 7.51. The Balaban J connectivity index is 1.67. The molecule has 1 fully saturated rings. The molecule has 3 rings (SSSR count). The maximum absolute atomic E-state index is 12.5. The molecule has 1 saturated heterocycles. The summed E-state index contributed by atoms with van der Waals surface area (Å²) in [6, 6.07) is 7.47. The van der Waals surface area contributed by atoms with Crippen LogP contribution in [0.2, 0.25) is 5.02 Å². The largest absolute Gasteiger partial charge is 0.339 e. The van der Waals surface area contributed by atoms with E-state index in [9.17, 15) is 9.59 Å². The van der Waals surface area contributed by atoms with Crippen molar-refractivity contribution in [3.8, 4) is 0 Å². The number of hydrogen-bond donors (Lipinski definition) is 0. The van der Waals surface area contributed by atoms with E-state index in [-0.39, 0.29) is 24.1 Å². The molecule has 0 radical (unpaired) electrons. The van der Waals surface area contributed by atoms with Crippen LogP contribution in [0.25, 0.3) is 0 Å². The first-order chi connectivity index (χ1) is 11.6. The summed E-state index contributed by atoms with van der Waals surface area (Å²) in [4.78, 5) is 32.4. The molecule has 1 atom stereocenters. The minimum Gasteiger partial charge on any atom is -0.339 e. The van der Waals surface area contributed by atoms with Crippen LogP contribution in [-0.4, -0.2) is 46.8 Å². The number of benzene rings is 1. The molecule has 2 heterocycles. The van der Waals surface area contributed by atoms with Crippen molar-refractivity contribution in [3.05, 3.63) is 29.3 Å². The summed E-state index contributed by atoms with van der Waals surface area (Å²) in [5, 5.41) is 1.04. The monoisotopic (exact) mass is 365 g/mol. The summed E-state index contributed by atoms with van der Waals surface area (Å²) < 4.78 is 0. The second-order valence-corrected chi connectivity index (χ2v) is 7.35. The SMILES string of the molecule is C[C@H]1CCCCN1C(=O)CSC1=NCC(=O)N1c1ccccc1Cl. The fraction of sp³-hybridized carbons (Fsp3) is 0.471. The van der Waals surface area contributed by atoms with Crippen molar-refractivity contribution in [2.24, 2.45) is 4.99 Å². The van der Waals surface area contributed by atoms with Gasteiger partial charge in [-0.2, -0.15) is 0 Å². The van der Waals surface area contributed by atoms with Crippen LogP contribution in [0, 0.1) is 0 Å². The second-order valence-electron chi connectivity index (χ2n) is 6.00. The maximum atomic E-state index is 12.5. The number of amides is 2. The molecule has 128 valence electrons. The number of thioether (sulfide) groups is 1. The fourth-order valence-corrected chi connectivity index (χ4v) is 4.17. The lowest BCUT2D eigenvalue weighted by molar-refractivity contribution is -0.131. The van der Waals surface area contributed by atoms with E-state index in [4.69, 9.17) is 11.6 Å². The molecule has 1 aromatic rings. The molecule has 0 unspecified atom stereocenters. The number of piperidine rings is 1. The van der Waals surface area contributed by atoms with E-state index in [2.05, 4.69) is 11.9 Å². The number of aliphatic imine (C=N–C) groups is 1. The molecule has 0 spiro atoms. The molecule has 2 aliphatic heterocycles. The number of amidine groups is 1. The Kier molecular flexibility index (Phi) is 5.46. The standard InChI is InChI=1S/C17H20ClN3O2S/c1-12-6-4-5-9-20(12)16(23)11-24-17-19-10-15(22)21(17)14-8-3-2-7-13(14)18/h2-3,7-8,12H,4-6,9-11H2,1H3/t12-/m0/s1. The van der Waals surface area contributed by atoms with Gasteiger partial charge in [0.2, 0.25) is 5.91 Å². The van der Waals surface area contributed by atoms with Crippen LogP contribution in [0.15, 0.2) is 29.3 Å². The number of likely N-dealkylation sites (tertiary alicyclic amines) is 1. The normalized spacial score (nSPS) is 21.2. The van der Waals surface area contributed by atoms with Crippen LogP contribution >= 0.6 is 23.4 Å². The van der Waals surface area contributed by atoms with E-state index in [0.29, 0.717) is 21.9 Å². The van der Waals surface area contributed by atoms with Crippen LogP contribution in [0.1, 0.15) is 26.2 Å². The molecule has 5 nitrogen and oxygen atoms in total. The highest BCUT2D eigenvalue weighted by Gasteiger charge is 2.30. The number of para-hydroxylation sites is 1. The van der Waals surface area contributed by atoms with Crippen molar-refractivity contribution in [1.82, 2.24) is 4.90 Å². The van der Waals surface area contributed by atoms with Crippen molar-refractivity contribution in [1.29, 1.82) is 0 Å². The van der Waals surface area contributed by atoms with E-state index in [1.165, 1.54) is 23.1 Å². The average Bonchev–Trinajstić information content (AvgIpc) is 2.94. The van der Waals surface area contributed by atoms with Crippen LogP contribution in [-0.2, 0) is 9.59 Å². The van der Waals surface area contributed by atoms with E-state index >= 15 is 0 Å². The summed E-state index contributed by atoms with van der Waals surface area (Å²) in [6.45, 7) is 3.01. The molecule has 0 aliphatic carbocycles. The lowest BCUT2D eigenvalue weighted by Crippen LogP contribution is -2.43. The smallest absolute Gasteiger partial charge is 0.254 e. The van der Waals surface area contributed by atoms with Gasteiger partial charge in [-0.1, -0.05) is 35.5 Å². The molecular weight excluding hydrogens is 346 g/mol. The highest BCUT2D eigenvalue weighted by molar-refractivity contribution is 8.14. The Morgan fingerprint density at radius 3 is 2.92 bits per heavy atom.